The summed E-state index contributed by atoms with van der Waals surface area (Å²) in [5.41, 5.74) is 8.11. The summed E-state index contributed by atoms with van der Waals surface area (Å²) in [6, 6.07) is 43.5. The molecule has 0 fully saturated rings. The van der Waals surface area contributed by atoms with Gasteiger partial charge in [0.15, 0.2) is 0 Å². The van der Waals surface area contributed by atoms with Gasteiger partial charge in [-0.3, -0.25) is 0 Å². The maximum absolute atomic E-state index is 3.38. The summed E-state index contributed by atoms with van der Waals surface area (Å²) in [6.07, 6.45) is 2.95. The van der Waals surface area contributed by atoms with E-state index in [2.05, 4.69) is 149 Å². The van der Waals surface area contributed by atoms with Gasteiger partial charge in [0.25, 0.3) is 0 Å². The van der Waals surface area contributed by atoms with Gasteiger partial charge in [0.2, 0.25) is 0 Å². The molecule has 0 radical (unpaired) electrons. The quantitative estimate of drug-likeness (QED) is 0.205. The Kier molecular flexibility index (Phi) is 15.9. The molecule has 6 rings (SSSR count). The average Bonchev–Trinajstić information content (AvgIpc) is 3.58. The standard InChI is InChI=1S/2C17H15.C3H6.2ClH.Ti/c2*1-2-13-11-15-9-6-10-16(17(15)12-13)14-7-4-3-5-8-14;1-3-2;;;/h2*3-12H,2H2,1H3;1-3H2;2*1H;/q2*-1;-2;;;+2/p-2. The van der Waals surface area contributed by atoms with E-state index in [4.69, 9.17) is 0 Å². The van der Waals surface area contributed by atoms with E-state index in [0.717, 1.165) is 19.3 Å². The Balaban J connectivity index is 0.000000341. The Hall–Kier alpha value is -2.61. The number of benzene rings is 4. The normalized spacial score (nSPS) is 9.70. The average molecular weight is 599 g/mol. The van der Waals surface area contributed by atoms with Crippen LogP contribution in [-0.4, -0.2) is 0 Å². The summed E-state index contributed by atoms with van der Waals surface area (Å²) < 4.78 is 0. The number of halogens is 2. The molecular formula is C37H36Cl2Ti-4. The largest absolute Gasteiger partial charge is 2.00 e. The second-order valence-corrected chi connectivity index (χ2v) is 9.14. The molecule has 0 nitrogen and oxygen atoms in total. The summed E-state index contributed by atoms with van der Waals surface area (Å²) in [5.74, 6) is 0. The van der Waals surface area contributed by atoms with Gasteiger partial charge in [-0.25, -0.2) is 0 Å². The summed E-state index contributed by atoms with van der Waals surface area (Å²) in [7, 11) is 0. The zero-order chi connectivity index (χ0) is 26.0. The van der Waals surface area contributed by atoms with Crippen LogP contribution in [0.5, 0.6) is 0 Å². The Morgan fingerprint density at radius 1 is 0.525 bits per heavy atom. The smallest absolute Gasteiger partial charge is 1.00 e. The molecule has 0 aliphatic carbocycles. The predicted octanol–water partition coefficient (Wildman–Crippen LogP) is 4.63. The molecule has 0 N–H and O–H groups in total. The molecule has 0 saturated carbocycles. The van der Waals surface area contributed by atoms with Crippen LogP contribution < -0.4 is 24.8 Å². The SMILES string of the molecule is CCc1cc2c(-c3ccccc3)cccc2[cH-]1.CCc1cc2c(-c3ccccc3)cccc2[cH-]1.[CH2-]C[CH2-].[Cl-].[Cl-].[Ti+2]. The molecule has 0 amide bonds. The van der Waals surface area contributed by atoms with Crippen molar-refractivity contribution in [3.05, 3.63) is 146 Å². The van der Waals surface area contributed by atoms with Crippen LogP contribution in [0, 0.1) is 13.8 Å². The first-order valence-corrected chi connectivity index (χ1v) is 13.2. The third kappa shape index (κ3) is 8.69. The zero-order valence-electron chi connectivity index (χ0n) is 23.3. The van der Waals surface area contributed by atoms with Crippen molar-refractivity contribution in [3.8, 4) is 22.3 Å². The molecule has 0 unspecified atom stereocenters. The van der Waals surface area contributed by atoms with E-state index in [1.165, 1.54) is 54.9 Å². The molecule has 0 bridgehead atoms. The van der Waals surface area contributed by atoms with Crippen molar-refractivity contribution < 1.29 is 46.5 Å². The van der Waals surface area contributed by atoms with E-state index in [1.807, 2.05) is 0 Å². The van der Waals surface area contributed by atoms with Crippen LogP contribution in [-0.2, 0) is 34.6 Å². The number of hydrogen-bond acceptors (Lipinski definition) is 0. The molecule has 0 atom stereocenters. The van der Waals surface area contributed by atoms with Crippen LogP contribution in [0.15, 0.2) is 121 Å². The molecular weight excluding hydrogens is 563 g/mol. The predicted molar refractivity (Wildman–Crippen MR) is 164 cm³/mol. The molecule has 0 saturated heterocycles. The molecule has 0 aromatic heterocycles. The van der Waals surface area contributed by atoms with Crippen LogP contribution in [0.3, 0.4) is 0 Å². The van der Waals surface area contributed by atoms with Crippen molar-refractivity contribution in [1.29, 1.82) is 0 Å². The van der Waals surface area contributed by atoms with Gasteiger partial charge in [0.05, 0.1) is 0 Å². The van der Waals surface area contributed by atoms with E-state index in [-0.39, 0.29) is 46.5 Å². The maximum atomic E-state index is 3.38. The van der Waals surface area contributed by atoms with Gasteiger partial charge in [-0.1, -0.05) is 97.8 Å². The van der Waals surface area contributed by atoms with Crippen molar-refractivity contribution >= 4 is 21.5 Å². The molecule has 6 aromatic rings. The van der Waals surface area contributed by atoms with Crippen LogP contribution in [0.4, 0.5) is 0 Å². The molecule has 0 aliphatic heterocycles. The van der Waals surface area contributed by atoms with Crippen LogP contribution in [0.25, 0.3) is 43.8 Å². The second-order valence-electron chi connectivity index (χ2n) is 9.14. The van der Waals surface area contributed by atoms with E-state index in [0.29, 0.717) is 0 Å². The summed E-state index contributed by atoms with van der Waals surface area (Å²) in [4.78, 5) is 0. The Labute approximate surface area is 268 Å². The first kappa shape index (κ1) is 35.4. The van der Waals surface area contributed by atoms with Gasteiger partial charge < -0.3 is 45.1 Å². The molecule has 206 valence electrons. The molecule has 3 heteroatoms. The number of aryl methyl sites for hydroxylation is 2. The Bertz CT molecular complexity index is 1410. The third-order valence-corrected chi connectivity index (χ3v) is 6.61. The minimum Gasteiger partial charge on any atom is -1.00 e. The zero-order valence-corrected chi connectivity index (χ0v) is 26.4. The van der Waals surface area contributed by atoms with Crippen molar-refractivity contribution in [1.82, 2.24) is 0 Å². The topological polar surface area (TPSA) is 0 Å². The first-order chi connectivity index (χ1) is 18.2. The number of hydrogen-bond donors (Lipinski definition) is 0. The fourth-order valence-corrected chi connectivity index (χ4v) is 4.74. The van der Waals surface area contributed by atoms with Crippen molar-refractivity contribution in [2.75, 3.05) is 0 Å². The van der Waals surface area contributed by atoms with Gasteiger partial charge in [0, 0.05) is 0 Å². The van der Waals surface area contributed by atoms with Crippen LogP contribution in [0.1, 0.15) is 31.4 Å². The van der Waals surface area contributed by atoms with E-state index in [1.54, 1.807) is 0 Å². The molecule has 40 heavy (non-hydrogen) atoms. The third-order valence-electron chi connectivity index (χ3n) is 6.61. The molecule has 6 aromatic carbocycles. The monoisotopic (exact) mass is 598 g/mol. The van der Waals surface area contributed by atoms with Gasteiger partial charge in [-0.2, -0.15) is 12.1 Å². The number of rotatable bonds is 4. The first-order valence-electron chi connectivity index (χ1n) is 13.2. The van der Waals surface area contributed by atoms with E-state index in [9.17, 15) is 0 Å². The molecule has 0 heterocycles. The fraction of sp³-hybridized carbons (Fsp3) is 0.135. The second kappa shape index (κ2) is 18.0. The van der Waals surface area contributed by atoms with Crippen molar-refractivity contribution in [3.63, 3.8) is 0 Å². The maximum Gasteiger partial charge on any atom is 2.00 e. The molecule has 0 aliphatic rings. The van der Waals surface area contributed by atoms with Gasteiger partial charge in [0.1, 0.15) is 0 Å². The van der Waals surface area contributed by atoms with Crippen LogP contribution in [0.2, 0.25) is 0 Å². The Morgan fingerprint density at radius 2 is 0.875 bits per heavy atom. The van der Waals surface area contributed by atoms with Crippen molar-refractivity contribution in [2.24, 2.45) is 0 Å². The van der Waals surface area contributed by atoms with Crippen molar-refractivity contribution in [2.45, 2.75) is 33.1 Å². The fourth-order valence-electron chi connectivity index (χ4n) is 4.74. The van der Waals surface area contributed by atoms with Gasteiger partial charge >= 0.3 is 21.7 Å². The summed E-state index contributed by atoms with van der Waals surface area (Å²) in [5, 5.41) is 5.44. The van der Waals surface area contributed by atoms with Crippen LogP contribution >= 0.6 is 0 Å². The number of fused-ring (bicyclic) bond motifs is 2. The summed E-state index contributed by atoms with van der Waals surface area (Å²) >= 11 is 0. The Morgan fingerprint density at radius 3 is 1.20 bits per heavy atom. The van der Waals surface area contributed by atoms with Gasteiger partial charge in [-0.15, -0.1) is 69.1 Å². The van der Waals surface area contributed by atoms with E-state index < -0.39 is 0 Å². The van der Waals surface area contributed by atoms with E-state index >= 15 is 0 Å². The summed E-state index contributed by atoms with van der Waals surface area (Å²) in [6.45, 7) is 11.2. The minimum atomic E-state index is 0. The minimum absolute atomic E-state index is 0. The molecule has 0 spiro atoms. The van der Waals surface area contributed by atoms with Gasteiger partial charge in [-0.05, 0) is 24.0 Å².